The first-order chi connectivity index (χ1) is 10.8. The quantitative estimate of drug-likeness (QED) is 0.850. The molecule has 0 radical (unpaired) electrons. The molecule has 23 heavy (non-hydrogen) atoms. The van der Waals surface area contributed by atoms with Crippen molar-refractivity contribution >= 4 is 11.6 Å². The fraction of sp³-hybridized carbons (Fsp3) is 0.588. The Bertz CT molecular complexity index is 706. The molecule has 2 heterocycles. The van der Waals surface area contributed by atoms with Crippen LogP contribution >= 0.6 is 0 Å². The molecule has 0 saturated heterocycles. The van der Waals surface area contributed by atoms with Gasteiger partial charge >= 0.3 is 0 Å². The van der Waals surface area contributed by atoms with Gasteiger partial charge in [-0.3, -0.25) is 4.79 Å². The number of carbonyl (C=O) groups excluding carboxylic acids is 1. The number of aryl methyl sites for hydroxylation is 3. The average molecular weight is 318 g/mol. The van der Waals surface area contributed by atoms with Crippen LogP contribution in [0.15, 0.2) is 6.07 Å². The van der Waals surface area contributed by atoms with E-state index in [4.69, 9.17) is 0 Å². The second kappa shape index (κ2) is 7.08. The molecule has 0 aliphatic heterocycles. The van der Waals surface area contributed by atoms with Crippen LogP contribution in [0, 0.1) is 26.7 Å². The third-order valence-corrected chi connectivity index (χ3v) is 4.17. The number of fused-ring (bicyclic) bond motifs is 1. The maximum atomic E-state index is 12.0. The number of aromatic nitrogens is 3. The first-order valence-corrected chi connectivity index (χ1v) is 8.06. The minimum absolute atomic E-state index is 0.0553. The molecule has 0 fully saturated rings. The van der Waals surface area contributed by atoms with Crippen LogP contribution in [0.25, 0.3) is 5.65 Å². The molecule has 1 amide bonds. The van der Waals surface area contributed by atoms with Gasteiger partial charge in [0.1, 0.15) is 0 Å². The van der Waals surface area contributed by atoms with E-state index in [1.807, 2.05) is 45.2 Å². The summed E-state index contributed by atoms with van der Waals surface area (Å²) in [5.74, 6) is 0.0784. The molecule has 1 atom stereocenters. The molecule has 0 spiro atoms. The van der Waals surface area contributed by atoms with Gasteiger partial charge in [-0.15, -0.1) is 0 Å². The number of carbonyl (C=O) groups is 1. The Morgan fingerprint density at radius 1 is 1.35 bits per heavy atom. The highest BCUT2D eigenvalue weighted by Gasteiger charge is 2.14. The van der Waals surface area contributed by atoms with E-state index in [9.17, 15) is 9.90 Å². The third kappa shape index (κ3) is 4.07. The second-order valence-electron chi connectivity index (χ2n) is 6.43. The summed E-state index contributed by atoms with van der Waals surface area (Å²) >= 11 is 0. The second-order valence-corrected chi connectivity index (χ2v) is 6.43. The van der Waals surface area contributed by atoms with Crippen molar-refractivity contribution in [2.45, 2.75) is 53.6 Å². The normalized spacial score (nSPS) is 12.8. The van der Waals surface area contributed by atoms with Gasteiger partial charge in [0.2, 0.25) is 5.91 Å². The van der Waals surface area contributed by atoms with E-state index in [1.54, 1.807) is 0 Å². The lowest BCUT2D eigenvalue weighted by molar-refractivity contribution is -0.121. The third-order valence-electron chi connectivity index (χ3n) is 4.17. The Balaban J connectivity index is 2.03. The SMILES string of the molecule is Cc1cc2nc(C)c(CCC(=O)NCC(O)C(C)C)c(C)n2n1. The minimum Gasteiger partial charge on any atom is -0.391 e. The van der Waals surface area contributed by atoms with E-state index in [0.717, 1.165) is 28.3 Å². The van der Waals surface area contributed by atoms with Crippen molar-refractivity contribution < 1.29 is 9.90 Å². The molecule has 0 bridgehead atoms. The predicted molar refractivity (Wildman–Crippen MR) is 89.4 cm³/mol. The fourth-order valence-electron chi connectivity index (χ4n) is 2.58. The van der Waals surface area contributed by atoms with Crippen LogP contribution in [0.3, 0.4) is 0 Å². The Morgan fingerprint density at radius 2 is 2.04 bits per heavy atom. The van der Waals surface area contributed by atoms with Crippen LogP contribution in [0.4, 0.5) is 0 Å². The predicted octanol–water partition coefficient (Wildman–Crippen LogP) is 1.72. The number of hydrogen-bond donors (Lipinski definition) is 2. The van der Waals surface area contributed by atoms with Gasteiger partial charge in [-0.2, -0.15) is 5.10 Å². The number of aliphatic hydroxyl groups excluding tert-OH is 1. The Labute approximate surface area is 136 Å². The zero-order valence-electron chi connectivity index (χ0n) is 14.6. The van der Waals surface area contributed by atoms with Crippen LogP contribution in [0.1, 0.15) is 42.9 Å². The maximum absolute atomic E-state index is 12.0. The highest BCUT2D eigenvalue weighted by Crippen LogP contribution is 2.17. The van der Waals surface area contributed by atoms with Crippen molar-refractivity contribution in [3.63, 3.8) is 0 Å². The largest absolute Gasteiger partial charge is 0.391 e. The molecule has 6 nitrogen and oxygen atoms in total. The van der Waals surface area contributed by atoms with Crippen LogP contribution in [-0.4, -0.2) is 38.3 Å². The van der Waals surface area contributed by atoms with E-state index in [2.05, 4.69) is 15.4 Å². The van der Waals surface area contributed by atoms with Crippen LogP contribution in [0.5, 0.6) is 0 Å². The molecule has 2 rings (SSSR count). The number of nitrogens with zero attached hydrogens (tertiary/aromatic N) is 3. The lowest BCUT2D eigenvalue weighted by Gasteiger charge is -2.15. The van der Waals surface area contributed by atoms with E-state index in [0.29, 0.717) is 19.4 Å². The van der Waals surface area contributed by atoms with Gasteiger partial charge in [-0.25, -0.2) is 9.50 Å². The number of hydrogen-bond acceptors (Lipinski definition) is 4. The average Bonchev–Trinajstić information content (AvgIpc) is 2.84. The van der Waals surface area contributed by atoms with Crippen molar-refractivity contribution in [3.05, 3.63) is 28.7 Å². The van der Waals surface area contributed by atoms with E-state index in [1.165, 1.54) is 0 Å². The highest BCUT2D eigenvalue weighted by atomic mass is 16.3. The molecular formula is C17H26N4O2. The number of amides is 1. The van der Waals surface area contributed by atoms with Gasteiger partial charge in [0.15, 0.2) is 5.65 Å². The van der Waals surface area contributed by atoms with E-state index < -0.39 is 6.10 Å². The van der Waals surface area contributed by atoms with E-state index in [-0.39, 0.29) is 11.8 Å². The van der Waals surface area contributed by atoms with Crippen LogP contribution in [-0.2, 0) is 11.2 Å². The minimum atomic E-state index is -0.507. The molecular weight excluding hydrogens is 292 g/mol. The Kier molecular flexibility index (Phi) is 5.36. The zero-order valence-corrected chi connectivity index (χ0v) is 14.6. The van der Waals surface area contributed by atoms with Gasteiger partial charge in [-0.05, 0) is 38.7 Å². The summed E-state index contributed by atoms with van der Waals surface area (Å²) in [5, 5.41) is 17.0. The molecule has 0 saturated carbocycles. The van der Waals surface area contributed by atoms with Crippen molar-refractivity contribution in [3.8, 4) is 0 Å². The smallest absolute Gasteiger partial charge is 0.220 e. The summed E-state index contributed by atoms with van der Waals surface area (Å²) in [6, 6.07) is 1.95. The fourth-order valence-corrected chi connectivity index (χ4v) is 2.58. The zero-order chi connectivity index (χ0) is 17.1. The van der Waals surface area contributed by atoms with Gasteiger partial charge in [-0.1, -0.05) is 13.8 Å². The standard InChI is InChI=1S/C17H26N4O2/c1-10(2)15(22)9-18-17(23)7-6-14-12(4)19-16-8-11(3)20-21(16)13(14)5/h8,10,15,22H,6-7,9H2,1-5H3,(H,18,23). The Hall–Kier alpha value is -1.95. The van der Waals surface area contributed by atoms with Gasteiger partial charge in [0, 0.05) is 30.4 Å². The molecule has 6 heteroatoms. The Morgan fingerprint density at radius 3 is 2.70 bits per heavy atom. The molecule has 1 unspecified atom stereocenters. The molecule has 2 aromatic rings. The van der Waals surface area contributed by atoms with Crippen LogP contribution < -0.4 is 5.32 Å². The highest BCUT2D eigenvalue weighted by molar-refractivity contribution is 5.76. The maximum Gasteiger partial charge on any atom is 0.220 e. The summed E-state index contributed by atoms with van der Waals surface area (Å²) in [5.41, 5.74) is 4.78. The monoisotopic (exact) mass is 318 g/mol. The summed E-state index contributed by atoms with van der Waals surface area (Å²) in [6.07, 6.45) is 0.482. The van der Waals surface area contributed by atoms with Crippen molar-refractivity contribution in [2.24, 2.45) is 5.92 Å². The molecule has 2 aromatic heterocycles. The first kappa shape index (κ1) is 17.4. The van der Waals surface area contributed by atoms with Crippen molar-refractivity contribution in [2.75, 3.05) is 6.54 Å². The summed E-state index contributed by atoms with van der Waals surface area (Å²) in [7, 11) is 0. The van der Waals surface area contributed by atoms with Crippen molar-refractivity contribution in [1.82, 2.24) is 19.9 Å². The molecule has 0 aromatic carbocycles. The lowest BCUT2D eigenvalue weighted by Crippen LogP contribution is -2.34. The molecule has 0 aliphatic carbocycles. The van der Waals surface area contributed by atoms with Crippen LogP contribution in [0.2, 0.25) is 0 Å². The number of nitrogens with one attached hydrogen (secondary N) is 1. The first-order valence-electron chi connectivity index (χ1n) is 8.06. The molecule has 2 N–H and O–H groups in total. The van der Waals surface area contributed by atoms with E-state index >= 15 is 0 Å². The molecule has 126 valence electrons. The molecule has 0 aliphatic rings. The van der Waals surface area contributed by atoms with Gasteiger partial charge in [0.25, 0.3) is 0 Å². The van der Waals surface area contributed by atoms with Crippen molar-refractivity contribution in [1.29, 1.82) is 0 Å². The van der Waals surface area contributed by atoms with Gasteiger partial charge in [0.05, 0.1) is 11.8 Å². The topological polar surface area (TPSA) is 79.5 Å². The van der Waals surface area contributed by atoms with Gasteiger partial charge < -0.3 is 10.4 Å². The number of aliphatic hydroxyl groups is 1. The number of rotatable bonds is 6. The summed E-state index contributed by atoms with van der Waals surface area (Å²) in [6.45, 7) is 10.1. The summed E-state index contributed by atoms with van der Waals surface area (Å²) < 4.78 is 1.83. The lowest BCUT2D eigenvalue weighted by atomic mass is 10.1. The summed E-state index contributed by atoms with van der Waals surface area (Å²) in [4.78, 5) is 16.5.